The highest BCUT2D eigenvalue weighted by molar-refractivity contribution is 6.42. The van der Waals surface area contributed by atoms with E-state index in [0.717, 1.165) is 0 Å². The lowest BCUT2D eigenvalue weighted by Gasteiger charge is -2.45. The van der Waals surface area contributed by atoms with Crippen molar-refractivity contribution in [3.63, 3.8) is 0 Å². The highest BCUT2D eigenvalue weighted by atomic mass is 35.5. The summed E-state index contributed by atoms with van der Waals surface area (Å²) in [5, 5.41) is -1.67. The molecule has 2 aromatic carbocycles. The van der Waals surface area contributed by atoms with Gasteiger partial charge in [0.1, 0.15) is 0 Å². The van der Waals surface area contributed by atoms with Gasteiger partial charge in [0.15, 0.2) is 5.67 Å². The van der Waals surface area contributed by atoms with Gasteiger partial charge in [-0.15, -0.1) is 0 Å². The molecule has 200 valence electrons. The van der Waals surface area contributed by atoms with Gasteiger partial charge in [0.25, 0.3) is 0 Å². The van der Waals surface area contributed by atoms with Crippen LogP contribution in [0, 0.1) is 5.92 Å². The largest absolute Gasteiger partial charge is 0.428 e. The molecule has 0 aliphatic carbocycles. The van der Waals surface area contributed by atoms with Gasteiger partial charge in [-0.1, -0.05) is 61.3 Å². The van der Waals surface area contributed by atoms with Gasteiger partial charge in [0, 0.05) is 11.5 Å². The first kappa shape index (κ1) is 27.5. The molecule has 0 saturated carbocycles. The standard InChI is InChI=1S/C24H19Cl2F7N2O2/c1-12(2)20(36)35-10-21(27,11-35)14-5-3-13(4-6-14)18-9-22(37-34-18,24(31,32)33)15-7-16(23(28,29)30)19(26)17(25)8-15/h3-9,12,34H,10-11H2,1-2H3. The Kier molecular flexibility index (Phi) is 6.74. The monoisotopic (exact) mass is 570 g/mol. The molecule has 4 nitrogen and oxygen atoms in total. The summed E-state index contributed by atoms with van der Waals surface area (Å²) in [6.45, 7) is 3.10. The van der Waals surface area contributed by atoms with Crippen molar-refractivity contribution in [2.75, 3.05) is 13.1 Å². The zero-order valence-corrected chi connectivity index (χ0v) is 20.7. The number of amides is 1. The van der Waals surface area contributed by atoms with Gasteiger partial charge < -0.3 is 4.90 Å². The first-order valence-electron chi connectivity index (χ1n) is 10.9. The van der Waals surface area contributed by atoms with E-state index >= 15 is 4.39 Å². The molecule has 2 aliphatic heterocycles. The molecule has 2 heterocycles. The molecular weight excluding hydrogens is 552 g/mol. The molecule has 1 amide bonds. The van der Waals surface area contributed by atoms with E-state index in [4.69, 9.17) is 28.0 Å². The van der Waals surface area contributed by atoms with Crippen LogP contribution < -0.4 is 5.48 Å². The van der Waals surface area contributed by atoms with Crippen molar-refractivity contribution in [1.82, 2.24) is 10.4 Å². The number of carbonyl (C=O) groups excluding carboxylic acids is 1. The average Bonchev–Trinajstić information content (AvgIpc) is 3.24. The predicted molar refractivity (Wildman–Crippen MR) is 122 cm³/mol. The summed E-state index contributed by atoms with van der Waals surface area (Å²) in [4.78, 5) is 18.2. The molecule has 4 rings (SSSR count). The van der Waals surface area contributed by atoms with E-state index in [2.05, 4.69) is 5.48 Å². The maximum atomic E-state index is 15.2. The Morgan fingerprint density at radius 2 is 1.62 bits per heavy atom. The molecular formula is C24H19Cl2F7N2O2. The highest BCUT2D eigenvalue weighted by Crippen LogP contribution is 2.50. The average molecular weight is 571 g/mol. The second-order valence-electron chi connectivity index (χ2n) is 9.20. The van der Waals surface area contributed by atoms with Crippen LogP contribution in [-0.4, -0.2) is 30.1 Å². The van der Waals surface area contributed by atoms with Gasteiger partial charge in [-0.3, -0.25) is 15.1 Å². The van der Waals surface area contributed by atoms with Crippen molar-refractivity contribution in [2.24, 2.45) is 5.92 Å². The molecule has 0 bridgehead atoms. The van der Waals surface area contributed by atoms with Crippen LogP contribution in [0.2, 0.25) is 10.0 Å². The molecule has 2 aromatic rings. The van der Waals surface area contributed by atoms with Gasteiger partial charge in [0.05, 0.1) is 34.4 Å². The third-order valence-corrected chi connectivity index (χ3v) is 7.06. The molecule has 0 radical (unpaired) electrons. The van der Waals surface area contributed by atoms with Crippen LogP contribution in [0.5, 0.6) is 0 Å². The van der Waals surface area contributed by atoms with Crippen LogP contribution in [0.3, 0.4) is 0 Å². The molecule has 2 aliphatic rings. The number of hydrogen-bond donors (Lipinski definition) is 1. The maximum absolute atomic E-state index is 15.2. The van der Waals surface area contributed by atoms with Crippen LogP contribution in [0.4, 0.5) is 30.7 Å². The number of carbonyl (C=O) groups is 1. The number of likely N-dealkylation sites (tertiary alicyclic amines) is 1. The van der Waals surface area contributed by atoms with Crippen molar-refractivity contribution < 1.29 is 40.4 Å². The molecule has 1 fully saturated rings. The third kappa shape index (κ3) is 4.77. The molecule has 37 heavy (non-hydrogen) atoms. The van der Waals surface area contributed by atoms with E-state index < -0.39 is 44.8 Å². The quantitative estimate of drug-likeness (QED) is 0.402. The van der Waals surface area contributed by atoms with Gasteiger partial charge in [-0.05, 0) is 29.3 Å². The minimum Gasteiger partial charge on any atom is -0.335 e. The molecule has 13 heteroatoms. The lowest BCUT2D eigenvalue weighted by atomic mass is 9.86. The highest BCUT2D eigenvalue weighted by Gasteiger charge is 2.60. The predicted octanol–water partition coefficient (Wildman–Crippen LogP) is 7.01. The Morgan fingerprint density at radius 3 is 2.14 bits per heavy atom. The van der Waals surface area contributed by atoms with Crippen LogP contribution in [0.25, 0.3) is 5.70 Å². The SMILES string of the molecule is CC(C)C(=O)N1CC(F)(c2ccc(C3=CC(c4cc(Cl)c(Cl)c(C(F)(F)F)c4)(C(F)(F)F)ON3)cc2)C1. The first-order valence-corrected chi connectivity index (χ1v) is 11.6. The number of hydrogen-bond acceptors (Lipinski definition) is 3. The lowest BCUT2D eigenvalue weighted by molar-refractivity contribution is -0.269. The Hall–Kier alpha value is -2.50. The summed E-state index contributed by atoms with van der Waals surface area (Å²) in [6.07, 6.45) is -9.69. The van der Waals surface area contributed by atoms with E-state index in [0.29, 0.717) is 12.1 Å². The van der Waals surface area contributed by atoms with Crippen molar-refractivity contribution >= 4 is 34.8 Å². The van der Waals surface area contributed by atoms with Gasteiger partial charge >= 0.3 is 12.4 Å². The molecule has 0 aromatic heterocycles. The fourth-order valence-corrected chi connectivity index (χ4v) is 4.64. The maximum Gasteiger partial charge on any atom is 0.428 e. The summed E-state index contributed by atoms with van der Waals surface area (Å²) in [7, 11) is 0. The zero-order chi connectivity index (χ0) is 27.6. The van der Waals surface area contributed by atoms with Crippen LogP contribution in [0.1, 0.15) is 36.1 Å². The first-order chi connectivity index (χ1) is 17.0. The second-order valence-corrected chi connectivity index (χ2v) is 9.99. The number of benzene rings is 2. The zero-order valence-electron chi connectivity index (χ0n) is 19.2. The molecule has 0 spiro atoms. The molecule has 1 saturated heterocycles. The lowest BCUT2D eigenvalue weighted by Crippen LogP contribution is -2.59. The fourth-order valence-electron chi connectivity index (χ4n) is 4.21. The van der Waals surface area contributed by atoms with Gasteiger partial charge in [-0.2, -0.15) is 26.3 Å². The minimum absolute atomic E-state index is 0.149. The van der Waals surface area contributed by atoms with E-state index in [9.17, 15) is 31.1 Å². The Labute approximate surface area is 216 Å². The van der Waals surface area contributed by atoms with Gasteiger partial charge in [-0.25, -0.2) is 4.39 Å². The summed E-state index contributed by atoms with van der Waals surface area (Å²) >= 11 is 11.3. The van der Waals surface area contributed by atoms with E-state index in [1.165, 1.54) is 29.2 Å². The minimum atomic E-state index is -5.21. The van der Waals surface area contributed by atoms with Crippen molar-refractivity contribution in [3.05, 3.63) is 74.8 Å². The third-order valence-electron chi connectivity index (χ3n) is 6.25. The summed E-state index contributed by atoms with van der Waals surface area (Å²) in [5.74, 6) is -0.481. The number of nitrogens with one attached hydrogen (secondary N) is 1. The number of halogens is 9. The molecule has 1 atom stereocenters. The topological polar surface area (TPSA) is 41.6 Å². The Bertz CT molecular complexity index is 1250. The second kappa shape index (κ2) is 9.06. The smallest absolute Gasteiger partial charge is 0.335 e. The summed E-state index contributed by atoms with van der Waals surface area (Å²) < 4.78 is 98.1. The molecule has 1 N–H and O–H groups in total. The Balaban J connectivity index is 1.67. The van der Waals surface area contributed by atoms with Crippen LogP contribution in [-0.2, 0) is 27.1 Å². The van der Waals surface area contributed by atoms with E-state index in [1.807, 2.05) is 0 Å². The van der Waals surface area contributed by atoms with Crippen molar-refractivity contribution in [1.29, 1.82) is 0 Å². The summed E-state index contributed by atoms with van der Waals surface area (Å²) in [6, 6.07) is 6.31. The molecule has 1 unspecified atom stereocenters. The number of alkyl halides is 7. The van der Waals surface area contributed by atoms with E-state index in [-0.39, 0.29) is 47.8 Å². The number of hydroxylamine groups is 1. The van der Waals surface area contributed by atoms with Crippen molar-refractivity contribution in [2.45, 2.75) is 37.5 Å². The van der Waals surface area contributed by atoms with Crippen LogP contribution >= 0.6 is 23.2 Å². The fraction of sp³-hybridized carbons (Fsp3) is 0.375. The number of rotatable bonds is 4. The van der Waals surface area contributed by atoms with Crippen molar-refractivity contribution in [3.8, 4) is 0 Å². The van der Waals surface area contributed by atoms with E-state index in [1.54, 1.807) is 13.8 Å². The van der Waals surface area contributed by atoms with Gasteiger partial charge in [0.2, 0.25) is 11.5 Å². The normalized spacial score (nSPS) is 21.5. The Morgan fingerprint density at radius 1 is 1.03 bits per heavy atom. The van der Waals surface area contributed by atoms with Crippen LogP contribution in [0.15, 0.2) is 42.5 Å². The number of nitrogens with zero attached hydrogens (tertiary/aromatic N) is 1. The summed E-state index contributed by atoms with van der Waals surface area (Å²) in [5.41, 5.74) is -5.31.